The molecule has 0 amide bonds. The second-order valence-electron chi connectivity index (χ2n) is 5.33. The number of benzene rings is 1. The number of nitriles is 1. The van der Waals surface area contributed by atoms with Crippen molar-refractivity contribution in [1.29, 1.82) is 5.26 Å². The van der Waals surface area contributed by atoms with Crippen LogP contribution in [0.5, 0.6) is 0 Å². The van der Waals surface area contributed by atoms with Crippen molar-refractivity contribution in [3.8, 4) is 6.07 Å². The van der Waals surface area contributed by atoms with Gasteiger partial charge in [-0.05, 0) is 30.4 Å². The number of likely N-dealkylation sites (tertiary alicyclic amines) is 1. The molecule has 138 valence electrons. The average Bonchev–Trinajstić information content (AvgIpc) is 3.18. The normalized spacial score (nSPS) is 26.0. The molecular weight excluding hydrogens is 387 g/mol. The second-order valence-corrected chi connectivity index (χ2v) is 6.91. The number of halogens is 2. The first-order chi connectivity index (χ1) is 16.6. The molecular formula is C18H16ClFN6S. The monoisotopic (exact) mass is 411 g/mol. The molecule has 0 bridgehead atoms. The van der Waals surface area contributed by atoms with Crippen molar-refractivity contribution in [3.63, 3.8) is 0 Å². The second kappa shape index (κ2) is 7.72. The van der Waals surface area contributed by atoms with Gasteiger partial charge in [0.25, 0.3) is 0 Å². The summed E-state index contributed by atoms with van der Waals surface area (Å²) >= 11 is 6.79. The van der Waals surface area contributed by atoms with Crippen LogP contribution in [0.25, 0.3) is 10.3 Å². The van der Waals surface area contributed by atoms with Crippen LogP contribution in [0.2, 0.25) is 5.88 Å². The van der Waals surface area contributed by atoms with E-state index in [0.717, 1.165) is 34.7 Å². The smallest absolute Gasteiger partial charge is 0.186 e. The molecule has 9 heteroatoms. The number of piperidine rings is 1. The third-order valence-corrected chi connectivity index (χ3v) is 4.68. The molecule has 0 spiro atoms. The standard InChI is InChI=1S/C18H16ClFN6S/c19-18-25-17-15(27-18)16(22-10-23-17)24-13-3-5-26(6-4-13)9-11-1-2-14(20)12(7-11)8-21/h1-2,7,10,13H,3-6,9H2,(H,22,23,24)/i2D,3D2,4D2,9D2,13D/hD. The summed E-state index contributed by atoms with van der Waals surface area (Å²) in [7, 11) is 0. The Labute approximate surface area is 177 Å². The molecule has 0 saturated carbocycles. The van der Waals surface area contributed by atoms with E-state index in [4.69, 9.17) is 29.2 Å². The van der Waals surface area contributed by atoms with Gasteiger partial charge in [0.05, 0.1) is 8.30 Å². The van der Waals surface area contributed by atoms with Gasteiger partial charge in [-0.3, -0.25) is 4.90 Å². The quantitative estimate of drug-likeness (QED) is 0.703. The number of nitrogens with one attached hydrogen (secondary N) is 1. The highest BCUT2D eigenvalue weighted by atomic mass is 35.5. The Bertz CT molecular complexity index is 1380. The van der Waals surface area contributed by atoms with E-state index in [1.165, 1.54) is 6.07 Å². The summed E-state index contributed by atoms with van der Waals surface area (Å²) in [5, 5.41) is 9.42. The fourth-order valence-corrected chi connectivity index (χ4v) is 3.32. The molecule has 0 aliphatic carbocycles. The van der Waals surface area contributed by atoms with Crippen LogP contribution < -0.4 is 5.31 Å². The minimum atomic E-state index is -2.93. The van der Waals surface area contributed by atoms with E-state index in [0.29, 0.717) is 5.31 Å². The molecule has 1 fully saturated rings. The summed E-state index contributed by atoms with van der Waals surface area (Å²) in [5.41, 5.74) is -0.858. The molecule has 0 unspecified atom stereocenters. The molecule has 1 N–H and O–H groups in total. The SMILES string of the molecule is [2H]c1cc(C([2H])([2H])N2CC([2H])([2H])C([2H])(N([2H])c3ncnc4nc(Cl)sc34)C([2H])([2H])C2)cc(C#N)c1F. The van der Waals surface area contributed by atoms with E-state index < -0.39 is 55.8 Å². The first-order valence-corrected chi connectivity index (χ1v) is 8.78. The van der Waals surface area contributed by atoms with Gasteiger partial charge in [0, 0.05) is 33.8 Å². The van der Waals surface area contributed by atoms with Crippen molar-refractivity contribution < 1.29 is 16.8 Å². The van der Waals surface area contributed by atoms with Gasteiger partial charge in [0.15, 0.2) is 11.5 Å². The van der Waals surface area contributed by atoms with Crippen molar-refractivity contribution in [2.75, 3.05) is 18.4 Å². The van der Waals surface area contributed by atoms with Crippen LogP contribution in [0.4, 0.5) is 10.2 Å². The highest BCUT2D eigenvalue weighted by molar-refractivity contribution is 7.22. The van der Waals surface area contributed by atoms with Crippen LogP contribution in [0.15, 0.2) is 24.5 Å². The Balaban J connectivity index is 1.77. The average molecular weight is 412 g/mol. The topological polar surface area (TPSA) is 77.7 Å². The lowest BCUT2D eigenvalue weighted by Crippen LogP contribution is -2.38. The summed E-state index contributed by atoms with van der Waals surface area (Å²) in [4.78, 5) is 12.6. The number of hydrogen-bond donors (Lipinski definition) is 1. The summed E-state index contributed by atoms with van der Waals surface area (Å²) in [6.07, 6.45) is -4.73. The first kappa shape index (κ1) is 10.3. The third-order valence-electron chi connectivity index (χ3n) is 3.54. The van der Waals surface area contributed by atoms with Gasteiger partial charge >= 0.3 is 0 Å². The van der Waals surface area contributed by atoms with E-state index in [1.54, 1.807) is 0 Å². The molecule has 1 aromatic carbocycles. The number of aromatic nitrogens is 3. The van der Waals surface area contributed by atoms with Crippen LogP contribution in [0.1, 0.15) is 34.8 Å². The van der Waals surface area contributed by atoms with Crippen molar-refractivity contribution in [2.45, 2.75) is 25.3 Å². The van der Waals surface area contributed by atoms with Gasteiger partial charge in [-0.2, -0.15) is 5.26 Å². The summed E-state index contributed by atoms with van der Waals surface area (Å²) in [6, 6.07) is -0.428. The Morgan fingerprint density at radius 1 is 1.59 bits per heavy atom. The molecule has 0 atom stereocenters. The van der Waals surface area contributed by atoms with E-state index in [9.17, 15) is 4.39 Å². The Hall–Kier alpha value is -2.34. The van der Waals surface area contributed by atoms with Crippen LogP contribution in [-0.2, 0) is 6.50 Å². The van der Waals surface area contributed by atoms with Gasteiger partial charge in [-0.15, -0.1) is 0 Å². The third kappa shape index (κ3) is 4.00. The lowest BCUT2D eigenvalue weighted by molar-refractivity contribution is 0.211. The highest BCUT2D eigenvalue weighted by Gasteiger charge is 2.21. The molecule has 3 heterocycles. The molecule has 1 saturated heterocycles. The van der Waals surface area contributed by atoms with Gasteiger partial charge in [-0.1, -0.05) is 29.0 Å². The molecule has 6 nitrogen and oxygen atoms in total. The number of thiazole rings is 1. The number of anilines is 1. The minimum Gasteiger partial charge on any atom is -0.366 e. The maximum Gasteiger partial charge on any atom is 0.186 e. The Kier molecular flexibility index (Phi) is 2.94. The minimum absolute atomic E-state index is 0.0537. The highest BCUT2D eigenvalue weighted by Crippen LogP contribution is 2.30. The summed E-state index contributed by atoms with van der Waals surface area (Å²) in [6.45, 7) is -4.37. The Morgan fingerprint density at radius 3 is 3.19 bits per heavy atom. The van der Waals surface area contributed by atoms with Crippen molar-refractivity contribution in [3.05, 3.63) is 45.9 Å². The van der Waals surface area contributed by atoms with E-state index in [1.807, 2.05) is 0 Å². The maximum absolute atomic E-state index is 14.0. The van der Waals surface area contributed by atoms with Crippen molar-refractivity contribution >= 4 is 39.1 Å². The van der Waals surface area contributed by atoms with Gasteiger partial charge < -0.3 is 5.31 Å². The number of fused-ring (bicyclic) bond motifs is 1. The zero-order valence-corrected chi connectivity index (χ0v) is 15.1. The lowest BCUT2D eigenvalue weighted by Gasteiger charge is -2.32. The Morgan fingerprint density at radius 2 is 2.41 bits per heavy atom. The lowest BCUT2D eigenvalue weighted by atomic mass is 10.0. The fraction of sp³-hybridized carbons (Fsp3) is 0.333. The van der Waals surface area contributed by atoms with Crippen LogP contribution >= 0.6 is 22.9 Å². The van der Waals surface area contributed by atoms with Gasteiger partial charge in [0.2, 0.25) is 0 Å². The zero-order chi connectivity index (χ0) is 26.8. The summed E-state index contributed by atoms with van der Waals surface area (Å²) < 4.78 is 90.8. The molecule has 0 radical (unpaired) electrons. The zero-order valence-electron chi connectivity index (χ0n) is 22.5. The molecule has 4 rings (SSSR count). The van der Waals surface area contributed by atoms with E-state index in [2.05, 4.69) is 15.0 Å². The largest absolute Gasteiger partial charge is 0.366 e. The van der Waals surface area contributed by atoms with Crippen LogP contribution in [-0.4, -0.2) is 39.0 Å². The van der Waals surface area contributed by atoms with E-state index in [-0.39, 0.29) is 26.2 Å². The number of hydrogen-bond acceptors (Lipinski definition) is 7. The molecule has 3 aromatic rings. The maximum atomic E-state index is 14.0. The molecule has 2 aromatic heterocycles. The molecule has 1 aliphatic heterocycles. The predicted octanol–water partition coefficient (Wildman–Crippen LogP) is 3.83. The fourth-order valence-electron chi connectivity index (χ4n) is 2.33. The van der Waals surface area contributed by atoms with E-state index >= 15 is 0 Å². The number of rotatable bonds is 4. The summed E-state index contributed by atoms with van der Waals surface area (Å²) in [5.74, 6) is -1.43. The number of nitrogens with zero attached hydrogens (tertiary/aromatic N) is 5. The molecule has 27 heavy (non-hydrogen) atoms. The predicted molar refractivity (Wildman–Crippen MR) is 103 cm³/mol. The van der Waals surface area contributed by atoms with Crippen LogP contribution in [0.3, 0.4) is 0 Å². The van der Waals surface area contributed by atoms with Crippen molar-refractivity contribution in [2.24, 2.45) is 0 Å². The van der Waals surface area contributed by atoms with Crippen molar-refractivity contribution in [1.82, 2.24) is 19.9 Å². The molecule has 1 aliphatic rings. The van der Waals surface area contributed by atoms with Gasteiger partial charge in [0.1, 0.15) is 28.7 Å². The first-order valence-electron chi connectivity index (χ1n) is 12.0. The van der Waals surface area contributed by atoms with Gasteiger partial charge in [-0.25, -0.2) is 19.3 Å². The van der Waals surface area contributed by atoms with Crippen LogP contribution in [0, 0.1) is 17.1 Å².